The monoisotopic (exact) mass is 324 g/mol. The molecule has 0 saturated heterocycles. The van der Waals surface area contributed by atoms with Crippen molar-refractivity contribution in [2.75, 3.05) is 19.8 Å². The van der Waals surface area contributed by atoms with E-state index in [4.69, 9.17) is 14.2 Å². The van der Waals surface area contributed by atoms with Crippen LogP contribution in [0.3, 0.4) is 0 Å². The Labute approximate surface area is 137 Å². The molecule has 0 N–H and O–H groups in total. The molecule has 0 unspecified atom stereocenters. The molecule has 128 valence electrons. The van der Waals surface area contributed by atoms with Crippen LogP contribution < -0.4 is 0 Å². The van der Waals surface area contributed by atoms with Gasteiger partial charge in [0.25, 0.3) is 0 Å². The predicted octanol–water partition coefficient (Wildman–Crippen LogP) is 2.02. The fraction of sp³-hybridized carbons (Fsp3) is 0.588. The average Bonchev–Trinajstić information content (AvgIpc) is 2.50. The minimum atomic E-state index is -1.51. The van der Waals surface area contributed by atoms with Gasteiger partial charge in [0, 0.05) is 13.3 Å². The molecule has 6 nitrogen and oxygen atoms in total. The second kappa shape index (κ2) is 11.3. The van der Waals surface area contributed by atoms with Crippen LogP contribution in [0.25, 0.3) is 0 Å². The van der Waals surface area contributed by atoms with E-state index < -0.39 is 23.3 Å². The molecule has 0 saturated carbocycles. The highest BCUT2D eigenvalue weighted by Crippen LogP contribution is 2.31. The smallest absolute Gasteiger partial charge is 0.324 e. The van der Waals surface area contributed by atoms with E-state index in [0.717, 1.165) is 0 Å². The van der Waals surface area contributed by atoms with Crippen LogP contribution in [-0.4, -0.2) is 37.7 Å². The summed E-state index contributed by atoms with van der Waals surface area (Å²) in [6.45, 7) is 6.61. The van der Waals surface area contributed by atoms with Gasteiger partial charge in [0.15, 0.2) is 5.41 Å². The molecule has 0 aromatic heterocycles. The lowest BCUT2D eigenvalue weighted by molar-refractivity contribution is -0.171. The van der Waals surface area contributed by atoms with E-state index in [1.807, 2.05) is 0 Å². The molecule has 0 heterocycles. The zero-order valence-corrected chi connectivity index (χ0v) is 14.1. The van der Waals surface area contributed by atoms with Crippen LogP contribution in [0.2, 0.25) is 0 Å². The number of rotatable bonds is 9. The van der Waals surface area contributed by atoms with Gasteiger partial charge in [-0.2, -0.15) is 0 Å². The molecule has 23 heavy (non-hydrogen) atoms. The number of carbonyl (C=O) groups is 3. The SMILES string of the molecule is CC#CCC(C/C=C\COC(C)=O)(C(=O)OCC)C(=O)OCC. The van der Waals surface area contributed by atoms with Gasteiger partial charge in [-0.3, -0.25) is 14.4 Å². The molecule has 0 aromatic rings. The van der Waals surface area contributed by atoms with Crippen molar-refractivity contribution in [2.24, 2.45) is 5.41 Å². The third kappa shape index (κ3) is 7.00. The van der Waals surface area contributed by atoms with E-state index in [9.17, 15) is 14.4 Å². The molecular formula is C17H24O6. The molecule has 0 bridgehead atoms. The van der Waals surface area contributed by atoms with E-state index in [1.54, 1.807) is 32.9 Å². The van der Waals surface area contributed by atoms with E-state index in [0.29, 0.717) is 0 Å². The first-order valence-electron chi connectivity index (χ1n) is 7.47. The zero-order chi connectivity index (χ0) is 17.7. The number of allylic oxidation sites excluding steroid dienone is 1. The van der Waals surface area contributed by atoms with Crippen molar-refractivity contribution in [3.63, 3.8) is 0 Å². The molecule has 0 atom stereocenters. The summed E-state index contributed by atoms with van der Waals surface area (Å²) < 4.78 is 14.8. The fourth-order valence-electron chi connectivity index (χ4n) is 1.76. The number of ether oxygens (including phenoxy) is 3. The number of carbonyl (C=O) groups excluding carboxylic acids is 3. The summed E-state index contributed by atoms with van der Waals surface area (Å²) in [6, 6.07) is 0. The van der Waals surface area contributed by atoms with Crippen molar-refractivity contribution >= 4 is 17.9 Å². The van der Waals surface area contributed by atoms with Gasteiger partial charge in [0.2, 0.25) is 0 Å². The van der Waals surface area contributed by atoms with Crippen molar-refractivity contribution in [1.29, 1.82) is 0 Å². The largest absolute Gasteiger partial charge is 0.465 e. The van der Waals surface area contributed by atoms with Gasteiger partial charge in [0.1, 0.15) is 6.61 Å². The lowest BCUT2D eigenvalue weighted by Crippen LogP contribution is -2.41. The van der Waals surface area contributed by atoms with Crippen LogP contribution in [0.4, 0.5) is 0 Å². The van der Waals surface area contributed by atoms with Gasteiger partial charge >= 0.3 is 17.9 Å². The maximum atomic E-state index is 12.3. The van der Waals surface area contributed by atoms with Gasteiger partial charge in [-0.1, -0.05) is 12.2 Å². The second-order valence-electron chi connectivity index (χ2n) is 4.60. The summed E-state index contributed by atoms with van der Waals surface area (Å²) >= 11 is 0. The molecular weight excluding hydrogens is 300 g/mol. The Kier molecular flexibility index (Phi) is 10.2. The fourth-order valence-corrected chi connectivity index (χ4v) is 1.76. The van der Waals surface area contributed by atoms with Gasteiger partial charge in [-0.15, -0.1) is 11.8 Å². The molecule has 0 aliphatic carbocycles. The number of esters is 3. The van der Waals surface area contributed by atoms with Crippen LogP contribution in [0, 0.1) is 17.3 Å². The predicted molar refractivity (Wildman–Crippen MR) is 84.2 cm³/mol. The maximum absolute atomic E-state index is 12.3. The Morgan fingerprint density at radius 2 is 1.57 bits per heavy atom. The molecule has 0 fully saturated rings. The molecule has 0 aliphatic heterocycles. The highest BCUT2D eigenvalue weighted by Gasteiger charge is 2.47. The molecule has 6 heteroatoms. The summed E-state index contributed by atoms with van der Waals surface area (Å²) in [5, 5.41) is 0. The molecule has 0 spiro atoms. The first-order valence-corrected chi connectivity index (χ1v) is 7.47. The highest BCUT2D eigenvalue weighted by atomic mass is 16.6. The van der Waals surface area contributed by atoms with Gasteiger partial charge in [0.05, 0.1) is 13.2 Å². The maximum Gasteiger partial charge on any atom is 0.324 e. The van der Waals surface area contributed by atoms with Crippen molar-refractivity contribution in [2.45, 2.75) is 40.5 Å². The summed E-state index contributed by atoms with van der Waals surface area (Å²) in [5.41, 5.74) is -1.51. The van der Waals surface area contributed by atoms with Crippen molar-refractivity contribution in [3.05, 3.63) is 12.2 Å². The number of hydrogen-bond donors (Lipinski definition) is 0. The third-order valence-electron chi connectivity index (χ3n) is 2.92. The quantitative estimate of drug-likeness (QED) is 0.212. The second-order valence-corrected chi connectivity index (χ2v) is 4.60. The summed E-state index contributed by atoms with van der Waals surface area (Å²) in [5.74, 6) is 3.69. The Balaban J connectivity index is 5.33. The Morgan fingerprint density at radius 1 is 1.00 bits per heavy atom. The van der Waals surface area contributed by atoms with Crippen molar-refractivity contribution in [3.8, 4) is 11.8 Å². The van der Waals surface area contributed by atoms with Crippen LogP contribution >= 0.6 is 0 Å². The van der Waals surface area contributed by atoms with Gasteiger partial charge in [-0.25, -0.2) is 0 Å². The lowest BCUT2D eigenvalue weighted by Gasteiger charge is -2.26. The van der Waals surface area contributed by atoms with Crippen LogP contribution in [0.15, 0.2) is 12.2 Å². The Hall–Kier alpha value is -2.29. The summed E-state index contributed by atoms with van der Waals surface area (Å²) in [4.78, 5) is 35.4. The lowest BCUT2D eigenvalue weighted by atomic mass is 9.81. The highest BCUT2D eigenvalue weighted by molar-refractivity contribution is 6.00. The first-order chi connectivity index (χ1) is 10.9. The standard InChI is InChI=1S/C17H24O6/c1-5-8-11-17(15(19)21-6-2,16(20)22-7-3)12-9-10-13-23-14(4)18/h9-10H,6-7,11-13H2,1-4H3/b10-9-. The van der Waals surface area contributed by atoms with Crippen molar-refractivity contribution in [1.82, 2.24) is 0 Å². The molecule has 0 amide bonds. The minimum Gasteiger partial charge on any atom is -0.465 e. The van der Waals surface area contributed by atoms with E-state index in [-0.39, 0.29) is 32.7 Å². The van der Waals surface area contributed by atoms with Crippen LogP contribution in [-0.2, 0) is 28.6 Å². The summed E-state index contributed by atoms with van der Waals surface area (Å²) in [6.07, 6.45) is 3.21. The van der Waals surface area contributed by atoms with E-state index >= 15 is 0 Å². The molecule has 0 rings (SSSR count). The summed E-state index contributed by atoms with van der Waals surface area (Å²) in [7, 11) is 0. The normalized spacial score (nSPS) is 10.6. The first kappa shape index (κ1) is 20.7. The minimum absolute atomic E-state index is 0.000920. The molecule has 0 aromatic carbocycles. The van der Waals surface area contributed by atoms with E-state index in [1.165, 1.54) is 6.92 Å². The van der Waals surface area contributed by atoms with Gasteiger partial charge < -0.3 is 14.2 Å². The average molecular weight is 324 g/mol. The molecule has 0 radical (unpaired) electrons. The molecule has 0 aliphatic rings. The third-order valence-corrected chi connectivity index (χ3v) is 2.92. The number of hydrogen-bond acceptors (Lipinski definition) is 6. The van der Waals surface area contributed by atoms with Gasteiger partial charge in [-0.05, 0) is 27.2 Å². The zero-order valence-electron chi connectivity index (χ0n) is 14.1. The Bertz CT molecular complexity index is 477. The van der Waals surface area contributed by atoms with E-state index in [2.05, 4.69) is 11.8 Å². The Morgan fingerprint density at radius 3 is 2.00 bits per heavy atom. The van der Waals surface area contributed by atoms with Crippen LogP contribution in [0.5, 0.6) is 0 Å². The van der Waals surface area contributed by atoms with Crippen molar-refractivity contribution < 1.29 is 28.6 Å². The van der Waals surface area contributed by atoms with Crippen LogP contribution in [0.1, 0.15) is 40.5 Å². The topological polar surface area (TPSA) is 78.9 Å².